The highest BCUT2D eigenvalue weighted by Gasteiger charge is 2.25. The first-order valence-corrected chi connectivity index (χ1v) is 9.80. The van der Waals surface area contributed by atoms with E-state index in [1.807, 2.05) is 12.1 Å². The van der Waals surface area contributed by atoms with Gasteiger partial charge in [0.25, 0.3) is 5.56 Å². The van der Waals surface area contributed by atoms with Crippen LogP contribution in [-0.4, -0.2) is 40.7 Å². The Labute approximate surface area is 172 Å². The fraction of sp³-hybridized carbons (Fsp3) is 0.286. The molecule has 2 amide bonds. The van der Waals surface area contributed by atoms with Gasteiger partial charge < -0.3 is 15.0 Å². The molecule has 0 unspecified atom stereocenters. The maximum absolute atomic E-state index is 12.9. The summed E-state index contributed by atoms with van der Waals surface area (Å²) < 4.78 is 6.94. The summed E-state index contributed by atoms with van der Waals surface area (Å²) in [6, 6.07) is 12.3. The van der Waals surface area contributed by atoms with Crippen LogP contribution in [0.2, 0.25) is 5.02 Å². The monoisotopic (exact) mass is 412 g/mol. The van der Waals surface area contributed by atoms with Crippen molar-refractivity contribution in [3.05, 3.63) is 64.2 Å². The lowest BCUT2D eigenvalue weighted by molar-refractivity contribution is 0.182. The zero-order valence-electron chi connectivity index (χ0n) is 16.0. The van der Waals surface area contributed by atoms with Crippen LogP contribution in [0, 0.1) is 0 Å². The number of carbonyl (C=O) groups is 1. The van der Waals surface area contributed by atoms with E-state index in [4.69, 9.17) is 16.3 Å². The second kappa shape index (κ2) is 8.13. The number of nitrogens with zero attached hydrogens (tertiary/aromatic N) is 3. The van der Waals surface area contributed by atoms with Crippen LogP contribution in [0.1, 0.15) is 18.9 Å². The Kier molecular flexibility index (Phi) is 5.40. The number of carbonyl (C=O) groups excluding carboxylic acids is 1. The number of likely N-dealkylation sites (tertiary alicyclic amines) is 1. The highest BCUT2D eigenvalue weighted by atomic mass is 35.5. The number of amides is 2. The van der Waals surface area contributed by atoms with Crippen molar-refractivity contribution in [2.24, 2.45) is 0 Å². The van der Waals surface area contributed by atoms with Crippen LogP contribution in [0.5, 0.6) is 5.75 Å². The van der Waals surface area contributed by atoms with Crippen LogP contribution >= 0.6 is 11.6 Å². The minimum Gasteiger partial charge on any atom is -0.495 e. The molecule has 0 aliphatic carbocycles. The number of benzene rings is 2. The normalized spacial score (nSPS) is 14.8. The number of halogens is 1. The standard InChI is InChI=1S/C21H21ClN4O3/c1-29-18-8-3-2-7-17(18)24-21(28)25-11-9-14(10-12-25)26-13-23-19-15(20(26)27)5-4-6-16(19)22/h2-8,13-14H,9-12H2,1H3,(H,24,28). The first-order valence-electron chi connectivity index (χ1n) is 9.43. The molecule has 150 valence electrons. The van der Waals surface area contributed by atoms with E-state index in [0.29, 0.717) is 53.3 Å². The number of rotatable bonds is 3. The lowest BCUT2D eigenvalue weighted by Crippen LogP contribution is -2.42. The number of hydrogen-bond acceptors (Lipinski definition) is 4. The summed E-state index contributed by atoms with van der Waals surface area (Å²) in [5.41, 5.74) is 1.05. The molecule has 0 radical (unpaired) electrons. The average molecular weight is 413 g/mol. The number of urea groups is 1. The zero-order chi connectivity index (χ0) is 20.4. The fourth-order valence-corrected chi connectivity index (χ4v) is 3.90. The lowest BCUT2D eigenvalue weighted by Gasteiger charge is -2.32. The van der Waals surface area contributed by atoms with E-state index in [-0.39, 0.29) is 17.6 Å². The average Bonchev–Trinajstić information content (AvgIpc) is 2.75. The Morgan fingerprint density at radius 2 is 1.93 bits per heavy atom. The first kappa shape index (κ1) is 19.3. The van der Waals surface area contributed by atoms with Crippen molar-refractivity contribution in [1.29, 1.82) is 0 Å². The summed E-state index contributed by atoms with van der Waals surface area (Å²) in [6.07, 6.45) is 2.91. The van der Waals surface area contributed by atoms with Crippen LogP contribution in [0.15, 0.2) is 53.6 Å². The van der Waals surface area contributed by atoms with E-state index in [9.17, 15) is 9.59 Å². The molecular weight excluding hydrogens is 392 g/mol. The molecule has 29 heavy (non-hydrogen) atoms. The Hall–Kier alpha value is -3.06. The van der Waals surface area contributed by atoms with E-state index >= 15 is 0 Å². The largest absolute Gasteiger partial charge is 0.495 e. The van der Waals surface area contributed by atoms with Crippen molar-refractivity contribution in [3.63, 3.8) is 0 Å². The van der Waals surface area contributed by atoms with Crippen LogP contribution in [0.3, 0.4) is 0 Å². The van der Waals surface area contributed by atoms with E-state index in [2.05, 4.69) is 10.3 Å². The van der Waals surface area contributed by atoms with Gasteiger partial charge in [0.05, 0.1) is 35.1 Å². The second-order valence-electron chi connectivity index (χ2n) is 6.94. The van der Waals surface area contributed by atoms with Crippen LogP contribution in [-0.2, 0) is 0 Å². The van der Waals surface area contributed by atoms with Crippen LogP contribution < -0.4 is 15.6 Å². The van der Waals surface area contributed by atoms with Gasteiger partial charge in [0, 0.05) is 19.1 Å². The summed E-state index contributed by atoms with van der Waals surface area (Å²) in [7, 11) is 1.57. The predicted octanol–water partition coefficient (Wildman–Crippen LogP) is 3.93. The van der Waals surface area contributed by atoms with Gasteiger partial charge in [-0.15, -0.1) is 0 Å². The molecule has 1 aromatic heterocycles. The third kappa shape index (κ3) is 3.78. The van der Waals surface area contributed by atoms with Gasteiger partial charge in [-0.25, -0.2) is 9.78 Å². The zero-order valence-corrected chi connectivity index (χ0v) is 16.7. The van der Waals surface area contributed by atoms with Gasteiger partial charge in [-0.2, -0.15) is 0 Å². The lowest BCUT2D eigenvalue weighted by atomic mass is 10.0. The third-order valence-electron chi connectivity index (χ3n) is 5.26. The Balaban J connectivity index is 1.46. The van der Waals surface area contributed by atoms with Gasteiger partial charge in [-0.05, 0) is 37.1 Å². The molecule has 3 aromatic rings. The van der Waals surface area contributed by atoms with Gasteiger partial charge in [0.2, 0.25) is 0 Å². The minimum atomic E-state index is -0.177. The van der Waals surface area contributed by atoms with Gasteiger partial charge in [-0.1, -0.05) is 29.8 Å². The number of methoxy groups -OCH3 is 1. The molecule has 2 heterocycles. The Bertz CT molecular complexity index is 1110. The molecule has 8 heteroatoms. The summed E-state index contributed by atoms with van der Waals surface area (Å²) in [5, 5.41) is 3.87. The van der Waals surface area contributed by atoms with Gasteiger partial charge >= 0.3 is 6.03 Å². The maximum Gasteiger partial charge on any atom is 0.321 e. The van der Waals surface area contributed by atoms with Crippen molar-refractivity contribution in [1.82, 2.24) is 14.5 Å². The molecule has 4 rings (SSSR count). The number of ether oxygens (including phenoxy) is 1. The van der Waals surface area contributed by atoms with Crippen molar-refractivity contribution in [2.45, 2.75) is 18.9 Å². The van der Waals surface area contributed by atoms with Crippen molar-refractivity contribution >= 4 is 34.2 Å². The van der Waals surface area contributed by atoms with Crippen LogP contribution in [0.4, 0.5) is 10.5 Å². The number of hydrogen-bond donors (Lipinski definition) is 1. The summed E-state index contributed by atoms with van der Waals surface area (Å²) >= 11 is 6.14. The molecule has 2 aromatic carbocycles. The highest BCUT2D eigenvalue weighted by Crippen LogP contribution is 2.26. The molecular formula is C21H21ClN4O3. The Morgan fingerprint density at radius 1 is 1.17 bits per heavy atom. The van der Waals surface area contributed by atoms with E-state index < -0.39 is 0 Å². The van der Waals surface area contributed by atoms with Crippen molar-refractivity contribution in [3.8, 4) is 5.75 Å². The van der Waals surface area contributed by atoms with Gasteiger partial charge in [-0.3, -0.25) is 9.36 Å². The topological polar surface area (TPSA) is 76.5 Å². The highest BCUT2D eigenvalue weighted by molar-refractivity contribution is 6.34. The summed E-state index contributed by atoms with van der Waals surface area (Å²) in [5.74, 6) is 0.614. The SMILES string of the molecule is COc1ccccc1NC(=O)N1CCC(n2cnc3c(Cl)cccc3c2=O)CC1. The number of piperidine rings is 1. The molecule has 0 saturated carbocycles. The predicted molar refractivity (Wildman–Crippen MR) is 113 cm³/mol. The molecule has 1 aliphatic heterocycles. The minimum absolute atomic E-state index is 0.00584. The number of para-hydroxylation sites is 3. The van der Waals surface area contributed by atoms with Gasteiger partial charge in [0.1, 0.15) is 5.75 Å². The van der Waals surface area contributed by atoms with E-state index in [1.54, 1.807) is 53.2 Å². The van der Waals surface area contributed by atoms with Crippen molar-refractivity contribution in [2.75, 3.05) is 25.5 Å². The van der Waals surface area contributed by atoms with Crippen LogP contribution in [0.25, 0.3) is 10.9 Å². The maximum atomic E-state index is 12.9. The number of anilines is 1. The number of nitrogens with one attached hydrogen (secondary N) is 1. The summed E-state index contributed by atoms with van der Waals surface area (Å²) in [6.45, 7) is 1.09. The smallest absolute Gasteiger partial charge is 0.321 e. The Morgan fingerprint density at radius 3 is 2.69 bits per heavy atom. The van der Waals surface area contributed by atoms with Gasteiger partial charge in [0.15, 0.2) is 0 Å². The quantitative estimate of drug-likeness (QED) is 0.707. The summed E-state index contributed by atoms with van der Waals surface area (Å²) in [4.78, 5) is 31.6. The van der Waals surface area contributed by atoms with E-state index in [0.717, 1.165) is 0 Å². The molecule has 7 nitrogen and oxygen atoms in total. The molecule has 1 aliphatic rings. The van der Waals surface area contributed by atoms with E-state index in [1.165, 1.54) is 0 Å². The molecule has 1 fully saturated rings. The third-order valence-corrected chi connectivity index (χ3v) is 5.56. The number of fused-ring (bicyclic) bond motifs is 1. The molecule has 0 spiro atoms. The van der Waals surface area contributed by atoms with Crippen molar-refractivity contribution < 1.29 is 9.53 Å². The molecule has 0 bridgehead atoms. The molecule has 0 atom stereocenters. The fourth-order valence-electron chi connectivity index (χ4n) is 3.68. The molecule has 1 saturated heterocycles. The number of aromatic nitrogens is 2. The molecule has 1 N–H and O–H groups in total. The first-order chi connectivity index (χ1) is 14.1. The second-order valence-corrected chi connectivity index (χ2v) is 7.35.